The van der Waals surface area contributed by atoms with Crippen LogP contribution in [0.3, 0.4) is 0 Å². The van der Waals surface area contributed by atoms with E-state index < -0.39 is 0 Å². The molecule has 4 heteroatoms. The van der Waals surface area contributed by atoms with E-state index in [0.717, 1.165) is 36.9 Å². The molecule has 94 valence electrons. The lowest BCUT2D eigenvalue weighted by Crippen LogP contribution is -2.08. The number of nitrogens with zero attached hydrogens (tertiary/aromatic N) is 1. The third-order valence-electron chi connectivity index (χ3n) is 2.62. The highest BCUT2D eigenvalue weighted by Crippen LogP contribution is 2.10. The Bertz CT molecular complexity index is 377. The van der Waals surface area contributed by atoms with Crippen LogP contribution < -0.4 is 0 Å². The van der Waals surface area contributed by atoms with E-state index in [4.69, 9.17) is 5.11 Å². The van der Waals surface area contributed by atoms with Gasteiger partial charge >= 0.3 is 5.97 Å². The topological polar surface area (TPSA) is 59.4 Å². The Hall–Kier alpha value is -1.42. The molecule has 1 heterocycles. The molecule has 0 aliphatic heterocycles. The Morgan fingerprint density at radius 1 is 1.35 bits per heavy atom. The van der Waals surface area contributed by atoms with Gasteiger partial charge < -0.3 is 9.84 Å². The van der Waals surface area contributed by atoms with Gasteiger partial charge in [-0.1, -0.05) is 12.5 Å². The summed E-state index contributed by atoms with van der Waals surface area (Å²) < 4.78 is 4.68. The fourth-order valence-electron chi connectivity index (χ4n) is 1.61. The van der Waals surface area contributed by atoms with Crippen molar-refractivity contribution in [3.8, 4) is 0 Å². The van der Waals surface area contributed by atoms with Crippen molar-refractivity contribution in [2.24, 2.45) is 0 Å². The van der Waals surface area contributed by atoms with Gasteiger partial charge in [-0.3, -0.25) is 0 Å². The van der Waals surface area contributed by atoms with Crippen LogP contribution in [0.25, 0.3) is 0 Å². The van der Waals surface area contributed by atoms with Crippen LogP contribution in [-0.2, 0) is 11.2 Å². The number of aryl methyl sites for hydroxylation is 2. The summed E-state index contributed by atoms with van der Waals surface area (Å²) in [6.45, 7) is 2.07. The first kappa shape index (κ1) is 13.6. The maximum atomic E-state index is 11.4. The molecule has 0 saturated carbocycles. The molecule has 0 bridgehead atoms. The van der Waals surface area contributed by atoms with Crippen molar-refractivity contribution in [1.29, 1.82) is 0 Å². The lowest BCUT2D eigenvalue weighted by Gasteiger charge is -2.06. The van der Waals surface area contributed by atoms with Gasteiger partial charge in [0.1, 0.15) is 0 Å². The molecule has 1 aromatic heterocycles. The average molecular weight is 237 g/mol. The summed E-state index contributed by atoms with van der Waals surface area (Å²) in [6.07, 6.45) is 3.58. The molecular formula is C13H19NO3. The van der Waals surface area contributed by atoms with Crippen molar-refractivity contribution in [2.75, 3.05) is 13.7 Å². The molecule has 4 nitrogen and oxygen atoms in total. The number of hydrogen-bond acceptors (Lipinski definition) is 4. The van der Waals surface area contributed by atoms with Gasteiger partial charge in [-0.2, -0.15) is 0 Å². The number of carbonyl (C=O) groups excluding carboxylic acids is 1. The normalized spacial score (nSPS) is 10.3. The molecule has 0 spiro atoms. The smallest absolute Gasteiger partial charge is 0.356 e. The largest absolute Gasteiger partial charge is 0.464 e. The molecular weight excluding hydrogens is 218 g/mol. The first-order chi connectivity index (χ1) is 8.19. The van der Waals surface area contributed by atoms with E-state index in [2.05, 4.69) is 9.72 Å². The zero-order valence-corrected chi connectivity index (χ0v) is 10.4. The van der Waals surface area contributed by atoms with Crippen LogP contribution in [0.15, 0.2) is 12.1 Å². The summed E-state index contributed by atoms with van der Waals surface area (Å²) in [5.41, 5.74) is 2.12. The second kappa shape index (κ2) is 7.01. The molecule has 0 unspecified atom stereocenters. The Morgan fingerprint density at radius 3 is 2.76 bits per heavy atom. The highest BCUT2D eigenvalue weighted by molar-refractivity contribution is 5.88. The molecule has 0 amide bonds. The fourth-order valence-corrected chi connectivity index (χ4v) is 1.61. The summed E-state index contributed by atoms with van der Waals surface area (Å²) >= 11 is 0. The molecule has 0 saturated heterocycles. The number of unbranched alkanes of at least 4 members (excludes halogenated alkanes) is 2. The van der Waals surface area contributed by atoms with Crippen LogP contribution >= 0.6 is 0 Å². The maximum Gasteiger partial charge on any atom is 0.356 e. The molecule has 0 aliphatic rings. The second-order valence-electron chi connectivity index (χ2n) is 3.99. The van der Waals surface area contributed by atoms with Crippen LogP contribution in [0, 0.1) is 6.92 Å². The summed E-state index contributed by atoms with van der Waals surface area (Å²) in [4.78, 5) is 15.7. The molecule has 0 aromatic carbocycles. The van der Waals surface area contributed by atoms with Gasteiger partial charge in [-0.05, 0) is 37.8 Å². The van der Waals surface area contributed by atoms with Gasteiger partial charge in [-0.15, -0.1) is 0 Å². The third-order valence-corrected chi connectivity index (χ3v) is 2.62. The van der Waals surface area contributed by atoms with Crippen molar-refractivity contribution in [3.05, 3.63) is 29.1 Å². The van der Waals surface area contributed by atoms with E-state index in [1.807, 2.05) is 19.1 Å². The molecule has 1 rings (SSSR count). The third kappa shape index (κ3) is 4.15. The predicted molar refractivity (Wildman–Crippen MR) is 65.0 cm³/mol. The predicted octanol–water partition coefficient (Wildman–Crippen LogP) is 1.88. The van der Waals surface area contributed by atoms with Crippen molar-refractivity contribution in [1.82, 2.24) is 4.98 Å². The van der Waals surface area contributed by atoms with E-state index in [0.29, 0.717) is 5.69 Å². The Kier molecular flexibility index (Phi) is 5.63. The quantitative estimate of drug-likeness (QED) is 0.606. The van der Waals surface area contributed by atoms with E-state index in [9.17, 15) is 4.79 Å². The number of hydrogen-bond donors (Lipinski definition) is 1. The van der Waals surface area contributed by atoms with Gasteiger partial charge in [0.2, 0.25) is 0 Å². The molecule has 0 atom stereocenters. The summed E-state index contributed by atoms with van der Waals surface area (Å²) in [5, 5.41) is 8.67. The summed E-state index contributed by atoms with van der Waals surface area (Å²) in [6, 6.07) is 3.82. The minimum atomic E-state index is -0.389. The van der Waals surface area contributed by atoms with Gasteiger partial charge in [0.15, 0.2) is 5.69 Å². The Labute approximate surface area is 102 Å². The van der Waals surface area contributed by atoms with E-state index in [1.165, 1.54) is 7.11 Å². The van der Waals surface area contributed by atoms with Crippen LogP contribution in [0.5, 0.6) is 0 Å². The van der Waals surface area contributed by atoms with E-state index in [1.54, 1.807) is 0 Å². The summed E-state index contributed by atoms with van der Waals surface area (Å²) in [7, 11) is 1.36. The Morgan fingerprint density at radius 2 is 2.12 bits per heavy atom. The lowest BCUT2D eigenvalue weighted by molar-refractivity contribution is 0.0593. The summed E-state index contributed by atoms with van der Waals surface area (Å²) in [5.74, 6) is -0.389. The molecule has 0 radical (unpaired) electrons. The molecule has 0 aliphatic carbocycles. The fraction of sp³-hybridized carbons (Fsp3) is 0.538. The zero-order chi connectivity index (χ0) is 12.7. The van der Waals surface area contributed by atoms with Gasteiger partial charge in [0.05, 0.1) is 7.11 Å². The number of aliphatic hydroxyl groups excluding tert-OH is 1. The van der Waals surface area contributed by atoms with Gasteiger partial charge in [0, 0.05) is 12.3 Å². The average Bonchev–Trinajstić information content (AvgIpc) is 2.35. The SMILES string of the molecule is COC(=O)c1nc(CCCCCO)ccc1C. The Balaban J connectivity index is 2.65. The monoisotopic (exact) mass is 237 g/mol. The first-order valence-electron chi connectivity index (χ1n) is 5.84. The number of methoxy groups -OCH3 is 1. The van der Waals surface area contributed by atoms with Crippen molar-refractivity contribution < 1.29 is 14.6 Å². The molecule has 1 aromatic rings. The highest BCUT2D eigenvalue weighted by atomic mass is 16.5. The minimum absolute atomic E-state index is 0.231. The minimum Gasteiger partial charge on any atom is -0.464 e. The first-order valence-corrected chi connectivity index (χ1v) is 5.84. The van der Waals surface area contributed by atoms with Crippen LogP contribution in [0.2, 0.25) is 0 Å². The van der Waals surface area contributed by atoms with E-state index >= 15 is 0 Å². The van der Waals surface area contributed by atoms with Crippen LogP contribution in [-0.4, -0.2) is 29.8 Å². The maximum absolute atomic E-state index is 11.4. The van der Waals surface area contributed by atoms with Crippen molar-refractivity contribution in [3.63, 3.8) is 0 Å². The van der Waals surface area contributed by atoms with Gasteiger partial charge in [-0.25, -0.2) is 9.78 Å². The number of esters is 1. The highest BCUT2D eigenvalue weighted by Gasteiger charge is 2.11. The number of carbonyl (C=O) groups is 1. The molecule has 0 fully saturated rings. The number of pyridine rings is 1. The standard InChI is InChI=1S/C13H19NO3/c1-10-7-8-11(6-4-3-5-9-15)14-12(10)13(16)17-2/h7-8,15H,3-6,9H2,1-2H3. The zero-order valence-electron chi connectivity index (χ0n) is 10.4. The van der Waals surface area contributed by atoms with E-state index in [-0.39, 0.29) is 12.6 Å². The molecule has 1 N–H and O–H groups in total. The number of aromatic nitrogens is 1. The second-order valence-corrected chi connectivity index (χ2v) is 3.99. The number of ether oxygens (including phenoxy) is 1. The van der Waals surface area contributed by atoms with Crippen LogP contribution in [0.4, 0.5) is 0 Å². The van der Waals surface area contributed by atoms with Crippen molar-refractivity contribution >= 4 is 5.97 Å². The molecule has 17 heavy (non-hydrogen) atoms. The lowest BCUT2D eigenvalue weighted by atomic mass is 10.1. The van der Waals surface area contributed by atoms with Gasteiger partial charge in [0.25, 0.3) is 0 Å². The number of rotatable bonds is 6. The van der Waals surface area contributed by atoms with Crippen molar-refractivity contribution in [2.45, 2.75) is 32.6 Å². The van der Waals surface area contributed by atoms with Crippen LogP contribution in [0.1, 0.15) is 41.0 Å². The number of aliphatic hydroxyl groups is 1.